The van der Waals surface area contributed by atoms with Gasteiger partial charge >= 0.3 is 6.03 Å². The molecule has 0 spiro atoms. The van der Waals surface area contributed by atoms with E-state index in [-0.39, 0.29) is 6.03 Å². The Morgan fingerprint density at radius 1 is 1.33 bits per heavy atom. The molecule has 0 aromatic carbocycles. The first-order chi connectivity index (χ1) is 11.7. The first-order valence-electron chi connectivity index (χ1n) is 8.20. The molecule has 7 nitrogen and oxygen atoms in total. The summed E-state index contributed by atoms with van der Waals surface area (Å²) >= 11 is 0. The third kappa shape index (κ3) is 4.41. The van der Waals surface area contributed by atoms with Crippen molar-refractivity contribution in [2.75, 3.05) is 5.32 Å². The molecule has 7 heteroatoms. The highest BCUT2D eigenvalue weighted by atomic mass is 16.2. The number of carbonyl (C=O) groups is 1. The van der Waals surface area contributed by atoms with Crippen molar-refractivity contribution in [3.8, 4) is 0 Å². The lowest BCUT2D eigenvalue weighted by molar-refractivity contribution is 0.251. The van der Waals surface area contributed by atoms with Crippen LogP contribution in [0.3, 0.4) is 0 Å². The predicted molar refractivity (Wildman–Crippen MR) is 91.3 cm³/mol. The number of rotatable bonds is 5. The Morgan fingerprint density at radius 2 is 2.25 bits per heavy atom. The SMILES string of the molecule is Cc1cnc(CNC(=O)Nc2ccnn2C[C@@H]2CC=CCC2)cn1. The molecular weight excluding hydrogens is 304 g/mol. The van der Waals surface area contributed by atoms with Gasteiger partial charge in [0.15, 0.2) is 0 Å². The minimum Gasteiger partial charge on any atom is -0.332 e. The van der Waals surface area contributed by atoms with E-state index in [0.29, 0.717) is 18.3 Å². The second-order valence-corrected chi connectivity index (χ2v) is 6.01. The van der Waals surface area contributed by atoms with Crippen molar-refractivity contribution < 1.29 is 4.79 Å². The molecule has 2 aromatic heterocycles. The van der Waals surface area contributed by atoms with Crippen LogP contribution in [0.25, 0.3) is 0 Å². The molecule has 0 unspecified atom stereocenters. The van der Waals surface area contributed by atoms with Gasteiger partial charge in [-0.2, -0.15) is 5.10 Å². The van der Waals surface area contributed by atoms with Crippen LogP contribution in [0.5, 0.6) is 0 Å². The van der Waals surface area contributed by atoms with Crippen molar-refractivity contribution >= 4 is 11.8 Å². The minimum atomic E-state index is -0.275. The molecule has 2 N–H and O–H groups in total. The summed E-state index contributed by atoms with van der Waals surface area (Å²) < 4.78 is 1.86. The van der Waals surface area contributed by atoms with E-state index in [4.69, 9.17) is 0 Å². The van der Waals surface area contributed by atoms with E-state index in [1.807, 2.05) is 17.7 Å². The Labute approximate surface area is 141 Å². The monoisotopic (exact) mass is 326 g/mol. The quantitative estimate of drug-likeness (QED) is 0.827. The first kappa shape index (κ1) is 16.2. The standard InChI is InChI=1S/C17H22N6O/c1-13-9-19-15(10-18-13)11-20-17(24)22-16-7-8-21-23(16)12-14-5-3-2-4-6-14/h2-3,7-10,14H,4-6,11-12H2,1H3,(H2,20,22,24)/t14-/m1/s1. The Hall–Kier alpha value is -2.70. The fraction of sp³-hybridized carbons (Fsp3) is 0.412. The summed E-state index contributed by atoms with van der Waals surface area (Å²) in [6.07, 6.45) is 12.8. The molecule has 24 heavy (non-hydrogen) atoms. The number of nitrogens with zero attached hydrogens (tertiary/aromatic N) is 4. The van der Waals surface area contributed by atoms with Crippen LogP contribution in [-0.2, 0) is 13.1 Å². The lowest BCUT2D eigenvalue weighted by Gasteiger charge is -2.19. The van der Waals surface area contributed by atoms with Crippen molar-refractivity contribution in [1.82, 2.24) is 25.1 Å². The number of hydrogen-bond donors (Lipinski definition) is 2. The van der Waals surface area contributed by atoms with E-state index in [2.05, 4.69) is 37.9 Å². The number of amides is 2. The van der Waals surface area contributed by atoms with Gasteiger partial charge < -0.3 is 5.32 Å². The fourth-order valence-electron chi connectivity index (χ4n) is 2.69. The zero-order chi connectivity index (χ0) is 16.8. The molecule has 0 bridgehead atoms. The largest absolute Gasteiger partial charge is 0.332 e. The summed E-state index contributed by atoms with van der Waals surface area (Å²) in [4.78, 5) is 20.4. The zero-order valence-electron chi connectivity index (χ0n) is 13.8. The molecule has 0 saturated carbocycles. The van der Waals surface area contributed by atoms with Gasteiger partial charge in [-0.1, -0.05) is 12.2 Å². The molecule has 1 atom stereocenters. The van der Waals surface area contributed by atoms with E-state index >= 15 is 0 Å². The van der Waals surface area contributed by atoms with Crippen molar-refractivity contribution in [3.63, 3.8) is 0 Å². The lowest BCUT2D eigenvalue weighted by atomic mass is 9.94. The second-order valence-electron chi connectivity index (χ2n) is 6.01. The molecule has 0 saturated heterocycles. The molecule has 0 fully saturated rings. The van der Waals surface area contributed by atoms with Gasteiger partial charge in [0.2, 0.25) is 0 Å². The van der Waals surface area contributed by atoms with Crippen LogP contribution >= 0.6 is 0 Å². The maximum absolute atomic E-state index is 12.1. The summed E-state index contributed by atoms with van der Waals surface area (Å²) in [7, 11) is 0. The van der Waals surface area contributed by atoms with Crippen molar-refractivity contribution in [2.45, 2.75) is 39.3 Å². The van der Waals surface area contributed by atoms with E-state index in [9.17, 15) is 4.79 Å². The third-order valence-corrected chi connectivity index (χ3v) is 4.03. The summed E-state index contributed by atoms with van der Waals surface area (Å²) in [6.45, 7) is 3.03. The highest BCUT2D eigenvalue weighted by molar-refractivity contribution is 5.88. The number of hydrogen-bond acceptors (Lipinski definition) is 4. The molecule has 2 amide bonds. The van der Waals surface area contributed by atoms with Gasteiger partial charge in [0.25, 0.3) is 0 Å². The van der Waals surface area contributed by atoms with Gasteiger partial charge in [-0.25, -0.2) is 9.48 Å². The maximum atomic E-state index is 12.1. The summed E-state index contributed by atoms with van der Waals surface area (Å²) in [6, 6.07) is 1.53. The average molecular weight is 326 g/mol. The summed E-state index contributed by atoms with van der Waals surface area (Å²) in [5.41, 5.74) is 1.57. The number of carbonyl (C=O) groups excluding carboxylic acids is 1. The van der Waals surface area contributed by atoms with Gasteiger partial charge in [-0.15, -0.1) is 0 Å². The molecule has 2 heterocycles. The average Bonchev–Trinajstić information content (AvgIpc) is 3.02. The number of nitrogens with one attached hydrogen (secondary N) is 2. The van der Waals surface area contributed by atoms with Crippen molar-refractivity contribution in [2.24, 2.45) is 5.92 Å². The minimum absolute atomic E-state index is 0.275. The van der Waals surface area contributed by atoms with Crippen molar-refractivity contribution in [3.05, 3.63) is 48.2 Å². The van der Waals surface area contributed by atoms with Crippen molar-refractivity contribution in [1.29, 1.82) is 0 Å². The van der Waals surface area contributed by atoms with Crippen LogP contribution in [0.2, 0.25) is 0 Å². The molecule has 1 aliphatic rings. The van der Waals surface area contributed by atoms with Crippen LogP contribution in [0.15, 0.2) is 36.8 Å². The van der Waals surface area contributed by atoms with Crippen LogP contribution in [0.4, 0.5) is 10.6 Å². The summed E-state index contributed by atoms with van der Waals surface area (Å²) in [5, 5.41) is 9.95. The number of anilines is 1. The number of allylic oxidation sites excluding steroid dienone is 2. The van der Waals surface area contributed by atoms with Crippen LogP contribution < -0.4 is 10.6 Å². The molecule has 0 aliphatic heterocycles. The van der Waals surface area contributed by atoms with E-state index in [1.165, 1.54) is 0 Å². The predicted octanol–water partition coefficient (Wildman–Crippen LogP) is 2.66. The van der Waals surface area contributed by atoms with Gasteiger partial charge in [-0.05, 0) is 32.1 Å². The molecular formula is C17H22N6O. The lowest BCUT2D eigenvalue weighted by Crippen LogP contribution is -2.30. The number of aromatic nitrogens is 4. The normalized spacial score (nSPS) is 16.8. The Balaban J connectivity index is 1.52. The number of urea groups is 1. The molecule has 2 aromatic rings. The second kappa shape index (κ2) is 7.72. The van der Waals surface area contributed by atoms with Gasteiger partial charge in [0.05, 0.1) is 30.3 Å². The summed E-state index contributed by atoms with van der Waals surface area (Å²) in [5.74, 6) is 1.28. The van der Waals surface area contributed by atoms with Gasteiger partial charge in [-0.3, -0.25) is 15.3 Å². The highest BCUT2D eigenvalue weighted by Gasteiger charge is 2.14. The van der Waals surface area contributed by atoms with Gasteiger partial charge in [0, 0.05) is 18.8 Å². The Morgan fingerprint density at radius 3 is 3.00 bits per heavy atom. The van der Waals surface area contributed by atoms with E-state index in [1.54, 1.807) is 18.6 Å². The molecule has 0 radical (unpaired) electrons. The Bertz CT molecular complexity index is 706. The fourth-order valence-corrected chi connectivity index (χ4v) is 2.69. The maximum Gasteiger partial charge on any atom is 0.320 e. The molecule has 126 valence electrons. The molecule has 3 rings (SSSR count). The van der Waals surface area contributed by atoms with E-state index in [0.717, 1.165) is 37.2 Å². The number of aryl methyl sites for hydroxylation is 1. The zero-order valence-corrected chi connectivity index (χ0v) is 13.8. The smallest absolute Gasteiger partial charge is 0.320 e. The van der Waals surface area contributed by atoms with Crippen LogP contribution in [-0.4, -0.2) is 25.8 Å². The highest BCUT2D eigenvalue weighted by Crippen LogP contribution is 2.21. The Kier molecular flexibility index (Phi) is 5.20. The van der Waals surface area contributed by atoms with E-state index < -0.39 is 0 Å². The van der Waals surface area contributed by atoms with Crippen LogP contribution in [0.1, 0.15) is 30.7 Å². The topological polar surface area (TPSA) is 84.7 Å². The first-order valence-corrected chi connectivity index (χ1v) is 8.20. The van der Waals surface area contributed by atoms with Gasteiger partial charge in [0.1, 0.15) is 5.82 Å². The van der Waals surface area contributed by atoms with Crippen LogP contribution in [0, 0.1) is 12.8 Å². The third-order valence-electron chi connectivity index (χ3n) is 4.03. The molecule has 1 aliphatic carbocycles.